The van der Waals surface area contributed by atoms with Gasteiger partial charge in [-0.2, -0.15) is 0 Å². The third-order valence-corrected chi connectivity index (χ3v) is 6.62. The molecule has 0 aromatic heterocycles. The van der Waals surface area contributed by atoms with Crippen LogP contribution in [0.2, 0.25) is 0 Å². The molecule has 0 spiro atoms. The fourth-order valence-corrected chi connectivity index (χ4v) is 4.62. The van der Waals surface area contributed by atoms with E-state index in [9.17, 15) is 0 Å². The molecule has 2 aromatic rings. The van der Waals surface area contributed by atoms with Crippen LogP contribution in [0.5, 0.6) is 11.5 Å². The average molecular weight is 543 g/mol. The molecule has 2 fully saturated rings. The number of nitrogens with two attached hydrogens (primary N) is 2. The first kappa shape index (κ1) is 32.0. The Hall–Kier alpha value is -2.06. The molecule has 36 heavy (non-hydrogen) atoms. The van der Waals surface area contributed by atoms with E-state index in [0.717, 1.165) is 42.9 Å². The summed E-state index contributed by atoms with van der Waals surface area (Å²) >= 11 is 0. The summed E-state index contributed by atoms with van der Waals surface area (Å²) in [5.74, 6) is 1.62. The van der Waals surface area contributed by atoms with Gasteiger partial charge in [0, 0.05) is 49.2 Å². The van der Waals surface area contributed by atoms with Crippen molar-refractivity contribution in [2.45, 2.75) is 38.1 Å². The Morgan fingerprint density at radius 2 is 1.61 bits per heavy atom. The summed E-state index contributed by atoms with van der Waals surface area (Å²) in [6.07, 6.45) is 6.73. The predicted molar refractivity (Wildman–Crippen MR) is 157 cm³/mol. The smallest absolute Gasteiger partial charge is 0.143 e. The minimum Gasteiger partial charge on any atom is -0.495 e. The molecule has 7 nitrogen and oxygen atoms in total. The van der Waals surface area contributed by atoms with Crippen molar-refractivity contribution in [3.05, 3.63) is 42.5 Å². The zero-order chi connectivity index (χ0) is 24.3. The number of ether oxygens (including phenoxy) is 2. The molecule has 2 saturated heterocycles. The lowest BCUT2D eigenvalue weighted by atomic mass is 9.99. The van der Waals surface area contributed by atoms with E-state index < -0.39 is 0 Å². The lowest BCUT2D eigenvalue weighted by molar-refractivity contribution is 0.141. The first-order valence-corrected chi connectivity index (χ1v) is 12.5. The predicted octanol–water partition coefficient (Wildman–Crippen LogP) is 4.78. The van der Waals surface area contributed by atoms with Crippen LogP contribution in [0, 0.1) is 0 Å². The van der Waals surface area contributed by atoms with Crippen LogP contribution in [0.1, 0.15) is 32.1 Å². The molecule has 2 heterocycles. The topological polar surface area (TPSA) is 80.2 Å². The minimum absolute atomic E-state index is 0. The van der Waals surface area contributed by atoms with Crippen LogP contribution in [0.15, 0.2) is 42.5 Å². The van der Waals surface area contributed by atoms with Gasteiger partial charge < -0.3 is 35.6 Å². The summed E-state index contributed by atoms with van der Waals surface area (Å²) in [6.45, 7) is 6.48. The fourth-order valence-electron chi connectivity index (χ4n) is 4.62. The number of piperidine rings is 2. The second-order valence-corrected chi connectivity index (χ2v) is 9.47. The van der Waals surface area contributed by atoms with E-state index in [0.29, 0.717) is 12.3 Å². The number of nitrogen functional groups attached to an aromatic ring is 2. The molecule has 0 radical (unpaired) electrons. The number of likely N-dealkylation sites (tertiary alicyclic amines) is 1. The summed E-state index contributed by atoms with van der Waals surface area (Å²) in [5, 5.41) is 0. The number of rotatable bonds is 7. The van der Waals surface area contributed by atoms with Crippen LogP contribution >= 0.6 is 24.8 Å². The van der Waals surface area contributed by atoms with Crippen molar-refractivity contribution in [2.75, 3.05) is 76.9 Å². The monoisotopic (exact) mass is 541 g/mol. The molecular formula is C27H45Cl2N5O2. The van der Waals surface area contributed by atoms with Crippen molar-refractivity contribution in [3.8, 4) is 11.5 Å². The molecule has 0 saturated carbocycles. The van der Waals surface area contributed by atoms with Gasteiger partial charge in [0.1, 0.15) is 18.1 Å². The zero-order valence-corrected chi connectivity index (χ0v) is 23.7. The molecule has 2 aromatic carbocycles. The Morgan fingerprint density at radius 3 is 2.22 bits per heavy atom. The second kappa shape index (κ2) is 16.6. The first-order chi connectivity index (χ1) is 16.5. The molecule has 204 valence electrons. The van der Waals surface area contributed by atoms with Crippen molar-refractivity contribution in [2.24, 2.45) is 0 Å². The van der Waals surface area contributed by atoms with E-state index in [-0.39, 0.29) is 24.8 Å². The summed E-state index contributed by atoms with van der Waals surface area (Å²) in [7, 11) is 5.71. The molecule has 2 aliphatic rings. The number of likely N-dealkylation sites (N-methyl/N-ethyl adjacent to an activating group) is 1. The lowest BCUT2D eigenvalue weighted by Crippen LogP contribution is -2.46. The number of anilines is 3. The van der Waals surface area contributed by atoms with Crippen LogP contribution in [0.3, 0.4) is 0 Å². The third kappa shape index (κ3) is 10.1. The quantitative estimate of drug-likeness (QED) is 0.488. The highest BCUT2D eigenvalue weighted by Gasteiger charge is 2.25. The van der Waals surface area contributed by atoms with Crippen LogP contribution in [0.4, 0.5) is 17.1 Å². The van der Waals surface area contributed by atoms with E-state index in [4.69, 9.17) is 20.9 Å². The maximum atomic E-state index is 5.90. The molecule has 2 aliphatic heterocycles. The van der Waals surface area contributed by atoms with E-state index in [2.05, 4.69) is 26.8 Å². The Balaban J connectivity index is 0.000000378. The fraction of sp³-hybridized carbons (Fsp3) is 0.556. The maximum absolute atomic E-state index is 5.90. The van der Waals surface area contributed by atoms with Crippen molar-refractivity contribution >= 4 is 41.9 Å². The van der Waals surface area contributed by atoms with Crippen molar-refractivity contribution < 1.29 is 9.47 Å². The van der Waals surface area contributed by atoms with Crippen LogP contribution in [-0.4, -0.2) is 76.4 Å². The Bertz CT molecular complexity index is 873. The molecule has 0 unspecified atom stereocenters. The zero-order valence-electron chi connectivity index (χ0n) is 22.0. The third-order valence-electron chi connectivity index (χ3n) is 6.62. The molecule has 0 aliphatic carbocycles. The number of hydrogen-bond donors (Lipinski definition) is 2. The summed E-state index contributed by atoms with van der Waals surface area (Å²) in [4.78, 5) is 7.25. The van der Waals surface area contributed by atoms with Crippen molar-refractivity contribution in [3.63, 3.8) is 0 Å². The van der Waals surface area contributed by atoms with Gasteiger partial charge in [-0.1, -0.05) is 12.5 Å². The van der Waals surface area contributed by atoms with Gasteiger partial charge in [0.2, 0.25) is 0 Å². The second-order valence-electron chi connectivity index (χ2n) is 9.47. The van der Waals surface area contributed by atoms with Gasteiger partial charge in [-0.3, -0.25) is 0 Å². The molecule has 0 bridgehead atoms. The van der Waals surface area contributed by atoms with Crippen molar-refractivity contribution in [1.29, 1.82) is 0 Å². The number of benzene rings is 2. The Morgan fingerprint density at radius 1 is 0.917 bits per heavy atom. The largest absolute Gasteiger partial charge is 0.495 e. The Labute approximate surface area is 229 Å². The highest BCUT2D eigenvalue weighted by atomic mass is 35.5. The average Bonchev–Trinajstić information content (AvgIpc) is 2.85. The SMILES string of the molecule is CN(C)CCOc1cccc(N)c1.COc1cc(N2CCC(N3CCCCC3)CC2)ccc1N.Cl.Cl. The minimum atomic E-state index is 0. The van der Waals surface area contributed by atoms with E-state index in [1.165, 1.54) is 50.9 Å². The number of nitrogens with zero attached hydrogens (tertiary/aromatic N) is 3. The van der Waals surface area contributed by atoms with Gasteiger partial charge in [-0.05, 0) is 77.1 Å². The number of hydrogen-bond acceptors (Lipinski definition) is 7. The maximum Gasteiger partial charge on any atom is 0.143 e. The molecule has 4 N–H and O–H groups in total. The van der Waals surface area contributed by atoms with Gasteiger partial charge in [0.15, 0.2) is 0 Å². The van der Waals surface area contributed by atoms with E-state index in [1.54, 1.807) is 7.11 Å². The van der Waals surface area contributed by atoms with E-state index in [1.807, 2.05) is 44.4 Å². The van der Waals surface area contributed by atoms with Gasteiger partial charge in [-0.25, -0.2) is 0 Å². The first-order valence-electron chi connectivity index (χ1n) is 12.5. The normalized spacial score (nSPS) is 16.3. The van der Waals surface area contributed by atoms with E-state index >= 15 is 0 Å². The summed E-state index contributed by atoms with van der Waals surface area (Å²) in [6, 6.07) is 14.4. The van der Waals surface area contributed by atoms with Gasteiger partial charge >= 0.3 is 0 Å². The van der Waals surface area contributed by atoms with Crippen LogP contribution < -0.4 is 25.8 Å². The van der Waals surface area contributed by atoms with Crippen LogP contribution in [0.25, 0.3) is 0 Å². The summed E-state index contributed by atoms with van der Waals surface area (Å²) in [5.41, 5.74) is 14.2. The highest BCUT2D eigenvalue weighted by molar-refractivity contribution is 5.85. The molecular weight excluding hydrogens is 497 g/mol. The van der Waals surface area contributed by atoms with Gasteiger partial charge in [-0.15, -0.1) is 24.8 Å². The standard InChI is InChI=1S/C17H27N3O.C10H16N2O.2ClH/c1-21-17-13-15(5-6-16(17)18)20-11-7-14(8-12-20)19-9-3-2-4-10-19;1-12(2)6-7-13-10-5-3-4-9(11)8-10;;/h5-6,13-14H,2-4,7-12,18H2,1H3;3-5,8H,6-7,11H2,1-2H3;2*1H. The number of halogens is 2. The lowest BCUT2D eigenvalue weighted by Gasteiger charge is -2.41. The molecule has 4 rings (SSSR count). The number of methoxy groups -OCH3 is 1. The Kier molecular flexibility index (Phi) is 14.8. The molecule has 0 atom stereocenters. The van der Waals surface area contributed by atoms with Crippen LogP contribution in [-0.2, 0) is 0 Å². The summed E-state index contributed by atoms with van der Waals surface area (Å²) < 4.78 is 10.8. The molecule has 9 heteroatoms. The van der Waals surface area contributed by atoms with Gasteiger partial charge in [0.05, 0.1) is 12.8 Å². The van der Waals surface area contributed by atoms with Gasteiger partial charge in [0.25, 0.3) is 0 Å². The van der Waals surface area contributed by atoms with Crippen molar-refractivity contribution in [1.82, 2.24) is 9.80 Å². The highest BCUT2D eigenvalue weighted by Crippen LogP contribution is 2.30. The molecule has 0 amide bonds.